The number of nitrogens with one attached hydrogen (secondary N) is 1. The third-order valence-corrected chi connectivity index (χ3v) is 6.02. The highest BCUT2D eigenvalue weighted by atomic mass is 32.1. The first-order valence-corrected chi connectivity index (χ1v) is 11.2. The van der Waals surface area contributed by atoms with Crippen LogP contribution in [0.4, 0.5) is 10.8 Å². The summed E-state index contributed by atoms with van der Waals surface area (Å²) in [4.78, 5) is 26.7. The number of benzene rings is 2. The van der Waals surface area contributed by atoms with Crippen LogP contribution in [-0.4, -0.2) is 42.3 Å². The number of carbonyl (C=O) groups is 2. The van der Waals surface area contributed by atoms with E-state index in [0.717, 1.165) is 22.9 Å². The van der Waals surface area contributed by atoms with Crippen LogP contribution in [0.2, 0.25) is 0 Å². The van der Waals surface area contributed by atoms with Gasteiger partial charge in [-0.25, -0.2) is 0 Å². The fourth-order valence-corrected chi connectivity index (χ4v) is 4.22. The summed E-state index contributed by atoms with van der Waals surface area (Å²) < 4.78 is 10.8. The zero-order valence-corrected chi connectivity index (χ0v) is 18.5. The number of carbonyl (C=O) groups excluding carboxylic acids is 2. The number of ether oxygens (including phenoxy) is 2. The highest BCUT2D eigenvalue weighted by molar-refractivity contribution is 7.15. The Morgan fingerprint density at radius 3 is 2.66 bits per heavy atom. The number of anilines is 2. The highest BCUT2D eigenvalue weighted by Gasteiger charge is 2.35. The van der Waals surface area contributed by atoms with Gasteiger partial charge in [0.15, 0.2) is 0 Å². The van der Waals surface area contributed by atoms with E-state index in [-0.39, 0.29) is 18.2 Å². The van der Waals surface area contributed by atoms with Gasteiger partial charge in [0.25, 0.3) is 0 Å². The van der Waals surface area contributed by atoms with E-state index in [1.807, 2.05) is 42.5 Å². The second-order valence-electron chi connectivity index (χ2n) is 7.36. The van der Waals surface area contributed by atoms with Crippen LogP contribution in [0.15, 0.2) is 54.6 Å². The molecule has 0 bridgehead atoms. The summed E-state index contributed by atoms with van der Waals surface area (Å²) >= 11 is 1.35. The molecule has 2 heterocycles. The summed E-state index contributed by atoms with van der Waals surface area (Å²) in [5.41, 5.74) is 0.752. The van der Waals surface area contributed by atoms with Gasteiger partial charge in [0.1, 0.15) is 16.5 Å². The van der Waals surface area contributed by atoms with Crippen molar-refractivity contribution < 1.29 is 19.1 Å². The van der Waals surface area contributed by atoms with E-state index < -0.39 is 5.92 Å². The van der Waals surface area contributed by atoms with Gasteiger partial charge in [0.05, 0.1) is 19.6 Å². The van der Waals surface area contributed by atoms with Crippen LogP contribution >= 0.6 is 11.3 Å². The molecule has 9 heteroatoms. The lowest BCUT2D eigenvalue weighted by Crippen LogP contribution is -2.28. The Morgan fingerprint density at radius 2 is 1.91 bits per heavy atom. The molecule has 1 aliphatic rings. The second kappa shape index (κ2) is 10.2. The molecule has 0 aliphatic carbocycles. The molecule has 1 unspecified atom stereocenters. The number of hydrogen-bond acceptors (Lipinski definition) is 7. The molecule has 1 N–H and O–H groups in total. The Hall–Kier alpha value is -3.46. The summed E-state index contributed by atoms with van der Waals surface area (Å²) in [5, 5.41) is 12.3. The Morgan fingerprint density at radius 1 is 1.12 bits per heavy atom. The summed E-state index contributed by atoms with van der Waals surface area (Å²) in [6.45, 7) is 0.913. The van der Waals surface area contributed by atoms with Gasteiger partial charge in [-0.15, -0.1) is 10.2 Å². The van der Waals surface area contributed by atoms with Crippen LogP contribution < -0.4 is 19.7 Å². The van der Waals surface area contributed by atoms with Crippen LogP contribution in [0.25, 0.3) is 0 Å². The Balaban J connectivity index is 1.25. The van der Waals surface area contributed by atoms with Crippen LogP contribution in [-0.2, 0) is 16.0 Å². The molecule has 1 fully saturated rings. The third kappa shape index (κ3) is 5.42. The minimum absolute atomic E-state index is 0.0771. The summed E-state index contributed by atoms with van der Waals surface area (Å²) in [5.74, 6) is 0.827. The van der Waals surface area contributed by atoms with Gasteiger partial charge in [-0.05, 0) is 42.8 Å². The molecule has 1 saturated heterocycles. The van der Waals surface area contributed by atoms with Crippen molar-refractivity contribution >= 4 is 34.0 Å². The van der Waals surface area contributed by atoms with Crippen molar-refractivity contribution in [2.24, 2.45) is 5.92 Å². The maximum absolute atomic E-state index is 12.7. The van der Waals surface area contributed by atoms with Crippen molar-refractivity contribution in [2.75, 3.05) is 30.5 Å². The summed E-state index contributed by atoms with van der Waals surface area (Å²) in [7, 11) is 1.59. The fourth-order valence-electron chi connectivity index (χ4n) is 3.44. The molecule has 4 rings (SSSR count). The zero-order valence-electron chi connectivity index (χ0n) is 17.7. The average Bonchev–Trinajstić information content (AvgIpc) is 3.44. The Kier molecular flexibility index (Phi) is 6.96. The first-order chi connectivity index (χ1) is 15.6. The van der Waals surface area contributed by atoms with Crippen LogP contribution in [0, 0.1) is 5.92 Å². The molecule has 2 aromatic carbocycles. The van der Waals surface area contributed by atoms with E-state index in [1.54, 1.807) is 24.1 Å². The molecule has 0 spiro atoms. The maximum Gasteiger partial charge on any atom is 0.231 e. The van der Waals surface area contributed by atoms with Gasteiger partial charge >= 0.3 is 0 Å². The lowest BCUT2D eigenvalue weighted by Gasteiger charge is -2.16. The molecule has 8 nitrogen and oxygen atoms in total. The van der Waals surface area contributed by atoms with Gasteiger partial charge in [-0.3, -0.25) is 9.59 Å². The predicted octanol–water partition coefficient (Wildman–Crippen LogP) is 3.55. The number of aromatic nitrogens is 2. The summed E-state index contributed by atoms with van der Waals surface area (Å²) in [6, 6.07) is 16.9. The minimum Gasteiger partial charge on any atom is -0.497 e. The second-order valence-corrected chi connectivity index (χ2v) is 8.42. The number of rotatable bonds is 9. The number of hydrogen-bond donors (Lipinski definition) is 1. The van der Waals surface area contributed by atoms with Crippen molar-refractivity contribution in [2.45, 2.75) is 19.3 Å². The van der Waals surface area contributed by atoms with Gasteiger partial charge in [-0.2, -0.15) is 0 Å². The molecule has 2 amide bonds. The highest BCUT2D eigenvalue weighted by Crippen LogP contribution is 2.28. The first kappa shape index (κ1) is 21.8. The summed E-state index contributed by atoms with van der Waals surface area (Å²) in [6.07, 6.45) is 1.68. The SMILES string of the molecule is COc1ccc(N2CC(C(=O)Nc3nnc(CCCOc4ccccc4)s3)CC2=O)cc1. The molecular weight excluding hydrogens is 428 g/mol. The third-order valence-electron chi connectivity index (χ3n) is 5.12. The van der Waals surface area contributed by atoms with Crippen molar-refractivity contribution in [1.82, 2.24) is 10.2 Å². The zero-order chi connectivity index (χ0) is 22.3. The van der Waals surface area contributed by atoms with Crippen molar-refractivity contribution in [1.29, 1.82) is 0 Å². The van der Waals surface area contributed by atoms with E-state index in [0.29, 0.717) is 30.5 Å². The van der Waals surface area contributed by atoms with E-state index >= 15 is 0 Å². The lowest BCUT2D eigenvalue weighted by atomic mass is 10.1. The number of amides is 2. The molecule has 32 heavy (non-hydrogen) atoms. The smallest absolute Gasteiger partial charge is 0.231 e. The van der Waals surface area contributed by atoms with Crippen molar-refractivity contribution in [3.63, 3.8) is 0 Å². The number of nitrogens with zero attached hydrogens (tertiary/aromatic N) is 3. The Labute approximate surface area is 190 Å². The molecule has 166 valence electrons. The van der Waals surface area contributed by atoms with Gasteiger partial charge in [0.2, 0.25) is 16.9 Å². The molecule has 1 aliphatic heterocycles. The largest absolute Gasteiger partial charge is 0.497 e. The number of methoxy groups -OCH3 is 1. The predicted molar refractivity (Wildman–Crippen MR) is 122 cm³/mol. The molecule has 0 saturated carbocycles. The van der Waals surface area contributed by atoms with Crippen LogP contribution in [0.5, 0.6) is 11.5 Å². The fraction of sp³-hybridized carbons (Fsp3) is 0.304. The standard InChI is InChI=1S/C23H24N4O4S/c1-30-18-11-9-17(10-12-18)27-15-16(14-21(27)28)22(29)24-23-26-25-20(32-23)8-5-13-31-19-6-3-2-4-7-19/h2-4,6-7,9-12,16H,5,8,13-15H2,1H3,(H,24,26,29). The maximum atomic E-state index is 12.7. The molecule has 1 aromatic heterocycles. The monoisotopic (exact) mass is 452 g/mol. The van der Waals surface area contributed by atoms with Crippen LogP contribution in [0.1, 0.15) is 17.8 Å². The average molecular weight is 453 g/mol. The molecule has 1 atom stereocenters. The minimum atomic E-state index is -0.434. The van der Waals surface area contributed by atoms with Gasteiger partial charge in [0, 0.05) is 25.1 Å². The van der Waals surface area contributed by atoms with E-state index in [9.17, 15) is 9.59 Å². The van der Waals surface area contributed by atoms with Gasteiger partial charge < -0.3 is 19.7 Å². The van der Waals surface area contributed by atoms with Gasteiger partial charge in [-0.1, -0.05) is 29.5 Å². The first-order valence-electron chi connectivity index (χ1n) is 10.4. The van der Waals surface area contributed by atoms with E-state index in [4.69, 9.17) is 9.47 Å². The topological polar surface area (TPSA) is 93.7 Å². The lowest BCUT2D eigenvalue weighted by molar-refractivity contribution is -0.122. The van der Waals surface area contributed by atoms with Crippen LogP contribution in [0.3, 0.4) is 0 Å². The normalized spacial score (nSPS) is 15.6. The quantitative estimate of drug-likeness (QED) is 0.499. The van der Waals surface area contributed by atoms with Crippen molar-refractivity contribution in [3.8, 4) is 11.5 Å². The molecule has 0 radical (unpaired) electrons. The molecule has 3 aromatic rings. The number of aryl methyl sites for hydroxylation is 1. The van der Waals surface area contributed by atoms with E-state index in [2.05, 4.69) is 15.5 Å². The molecular formula is C23H24N4O4S. The number of para-hydroxylation sites is 1. The van der Waals surface area contributed by atoms with Crippen molar-refractivity contribution in [3.05, 3.63) is 59.6 Å². The Bertz CT molecular complexity index is 1060. The van der Waals surface area contributed by atoms with E-state index in [1.165, 1.54) is 11.3 Å².